The summed E-state index contributed by atoms with van der Waals surface area (Å²) in [6, 6.07) is 8.95. The molecule has 82 valence electrons. The summed E-state index contributed by atoms with van der Waals surface area (Å²) in [7, 11) is 0. The minimum atomic E-state index is 1.23. The molecule has 15 heavy (non-hydrogen) atoms. The van der Waals surface area contributed by atoms with Crippen LogP contribution < -0.4 is 0 Å². The van der Waals surface area contributed by atoms with Crippen molar-refractivity contribution in [1.29, 1.82) is 0 Å². The number of aryl methyl sites for hydroxylation is 2. The van der Waals surface area contributed by atoms with E-state index in [0.717, 1.165) is 0 Å². The fourth-order valence-electron chi connectivity index (χ4n) is 2.20. The zero-order chi connectivity index (χ0) is 10.5. The second-order valence-corrected chi connectivity index (χ2v) is 5.60. The van der Waals surface area contributed by atoms with E-state index in [2.05, 4.69) is 50.2 Å². The zero-order valence-corrected chi connectivity index (χ0v) is 11.2. The maximum Gasteiger partial charge on any atom is 0.0201 e. The topological polar surface area (TPSA) is 3.24 Å². The van der Waals surface area contributed by atoms with Gasteiger partial charge in [0.25, 0.3) is 0 Å². The summed E-state index contributed by atoms with van der Waals surface area (Å²) >= 11 is 2.46. The van der Waals surface area contributed by atoms with Crippen molar-refractivity contribution in [2.75, 3.05) is 13.1 Å². The summed E-state index contributed by atoms with van der Waals surface area (Å²) in [5.74, 6) is 0. The predicted octanol–water partition coefficient (Wildman–Crippen LogP) is 3.61. The van der Waals surface area contributed by atoms with E-state index in [-0.39, 0.29) is 0 Å². The van der Waals surface area contributed by atoms with Crippen LogP contribution in [0.4, 0.5) is 0 Å². The molecule has 0 unspecified atom stereocenters. The Morgan fingerprint density at radius 3 is 2.20 bits per heavy atom. The average molecular weight is 315 g/mol. The van der Waals surface area contributed by atoms with Crippen LogP contribution in [-0.2, 0) is 12.8 Å². The first-order valence-corrected chi connectivity index (χ1v) is 6.80. The summed E-state index contributed by atoms with van der Waals surface area (Å²) in [5, 5.41) is 0. The second-order valence-electron chi connectivity index (χ2n) is 4.24. The largest absolute Gasteiger partial charge is 0.248 e. The Morgan fingerprint density at radius 1 is 0.867 bits per heavy atom. The molecular formula is C13H18IN. The molecule has 2 rings (SSSR count). The highest BCUT2D eigenvalue weighted by atomic mass is 127. The molecule has 1 aliphatic rings. The van der Waals surface area contributed by atoms with Crippen LogP contribution in [0.2, 0.25) is 0 Å². The van der Waals surface area contributed by atoms with E-state index in [4.69, 9.17) is 0 Å². The molecular weight excluding hydrogens is 297 g/mol. The van der Waals surface area contributed by atoms with Crippen molar-refractivity contribution in [2.24, 2.45) is 0 Å². The average Bonchev–Trinajstić information content (AvgIpc) is 2.26. The van der Waals surface area contributed by atoms with Crippen LogP contribution in [0.5, 0.6) is 0 Å². The van der Waals surface area contributed by atoms with Crippen LogP contribution >= 0.6 is 22.9 Å². The molecule has 1 nitrogen and oxygen atoms in total. The maximum absolute atomic E-state index is 2.46. The van der Waals surface area contributed by atoms with Gasteiger partial charge in [-0.2, -0.15) is 0 Å². The predicted molar refractivity (Wildman–Crippen MR) is 73.3 cm³/mol. The van der Waals surface area contributed by atoms with Gasteiger partial charge in [-0.15, -0.1) is 0 Å². The summed E-state index contributed by atoms with van der Waals surface area (Å²) in [4.78, 5) is 0. The second kappa shape index (κ2) is 5.85. The molecule has 0 bridgehead atoms. The maximum atomic E-state index is 2.46. The van der Waals surface area contributed by atoms with Crippen molar-refractivity contribution in [3.8, 4) is 0 Å². The van der Waals surface area contributed by atoms with Crippen molar-refractivity contribution in [3.63, 3.8) is 0 Å². The van der Waals surface area contributed by atoms with Gasteiger partial charge in [0.2, 0.25) is 0 Å². The van der Waals surface area contributed by atoms with E-state index in [1.807, 2.05) is 0 Å². The minimum absolute atomic E-state index is 1.23. The van der Waals surface area contributed by atoms with Crippen molar-refractivity contribution in [2.45, 2.75) is 32.1 Å². The molecule has 0 aliphatic carbocycles. The Balaban J connectivity index is 2.08. The third-order valence-corrected chi connectivity index (χ3v) is 4.03. The highest BCUT2D eigenvalue weighted by Gasteiger charge is 2.07. The van der Waals surface area contributed by atoms with Gasteiger partial charge in [-0.25, -0.2) is 3.11 Å². The Morgan fingerprint density at radius 2 is 1.47 bits per heavy atom. The SMILES string of the molecule is IN1CCCCc2ccccc2CCC1. The molecule has 1 aliphatic heterocycles. The number of hydrogen-bond acceptors (Lipinski definition) is 1. The highest BCUT2D eigenvalue weighted by molar-refractivity contribution is 14.1. The highest BCUT2D eigenvalue weighted by Crippen LogP contribution is 2.17. The molecule has 0 aromatic heterocycles. The molecule has 1 aromatic rings. The quantitative estimate of drug-likeness (QED) is 0.522. The molecule has 0 N–H and O–H groups in total. The van der Waals surface area contributed by atoms with Crippen molar-refractivity contribution >= 4 is 22.9 Å². The van der Waals surface area contributed by atoms with Crippen LogP contribution in [0.15, 0.2) is 24.3 Å². The first-order chi connectivity index (χ1) is 7.36. The van der Waals surface area contributed by atoms with Crippen molar-refractivity contribution in [1.82, 2.24) is 3.11 Å². The number of hydrogen-bond donors (Lipinski definition) is 0. The molecule has 0 radical (unpaired) electrons. The van der Waals surface area contributed by atoms with E-state index in [0.29, 0.717) is 0 Å². The molecule has 1 heterocycles. The summed E-state index contributed by atoms with van der Waals surface area (Å²) in [5.41, 5.74) is 3.16. The fraction of sp³-hybridized carbons (Fsp3) is 0.538. The molecule has 0 fully saturated rings. The number of benzene rings is 1. The van der Waals surface area contributed by atoms with Gasteiger partial charge in [0.1, 0.15) is 0 Å². The number of fused-ring (bicyclic) bond motifs is 1. The first kappa shape index (κ1) is 11.4. The van der Waals surface area contributed by atoms with Gasteiger partial charge in [0.05, 0.1) is 0 Å². The molecule has 0 saturated carbocycles. The van der Waals surface area contributed by atoms with E-state index in [1.165, 1.54) is 45.2 Å². The lowest BCUT2D eigenvalue weighted by atomic mass is 9.98. The van der Waals surface area contributed by atoms with E-state index < -0.39 is 0 Å². The van der Waals surface area contributed by atoms with E-state index in [1.54, 1.807) is 11.1 Å². The van der Waals surface area contributed by atoms with Gasteiger partial charge in [0, 0.05) is 36.0 Å². The molecule has 0 amide bonds. The van der Waals surface area contributed by atoms with Crippen LogP contribution in [0, 0.1) is 0 Å². The van der Waals surface area contributed by atoms with Crippen molar-refractivity contribution in [3.05, 3.63) is 35.4 Å². The zero-order valence-electron chi connectivity index (χ0n) is 9.08. The molecule has 0 saturated heterocycles. The third kappa shape index (κ3) is 3.45. The number of rotatable bonds is 0. The Kier molecular flexibility index (Phi) is 4.44. The van der Waals surface area contributed by atoms with Crippen LogP contribution in [0.3, 0.4) is 0 Å². The summed E-state index contributed by atoms with van der Waals surface area (Å²) in [6.45, 7) is 2.48. The van der Waals surface area contributed by atoms with Gasteiger partial charge >= 0.3 is 0 Å². The van der Waals surface area contributed by atoms with Gasteiger partial charge in [0.15, 0.2) is 0 Å². The monoisotopic (exact) mass is 315 g/mol. The Hall–Kier alpha value is -0.0900. The smallest absolute Gasteiger partial charge is 0.0201 e. The lowest BCUT2D eigenvalue weighted by Gasteiger charge is -2.17. The van der Waals surface area contributed by atoms with Crippen LogP contribution in [-0.4, -0.2) is 16.2 Å². The normalized spacial score (nSPS) is 19.5. The van der Waals surface area contributed by atoms with Gasteiger partial charge in [-0.3, -0.25) is 0 Å². The van der Waals surface area contributed by atoms with Crippen molar-refractivity contribution < 1.29 is 0 Å². The Labute approximate surface area is 106 Å². The van der Waals surface area contributed by atoms with Gasteiger partial charge in [-0.05, 0) is 43.2 Å². The summed E-state index contributed by atoms with van der Waals surface area (Å²) < 4.78 is 2.44. The van der Waals surface area contributed by atoms with E-state index >= 15 is 0 Å². The first-order valence-electron chi connectivity index (χ1n) is 5.84. The Bertz CT molecular complexity index is 311. The summed E-state index contributed by atoms with van der Waals surface area (Å²) in [6.07, 6.45) is 6.46. The number of halogens is 1. The third-order valence-electron chi connectivity index (χ3n) is 3.06. The van der Waals surface area contributed by atoms with Crippen LogP contribution in [0.25, 0.3) is 0 Å². The number of nitrogens with zero attached hydrogens (tertiary/aromatic N) is 1. The molecule has 2 heteroatoms. The lowest BCUT2D eigenvalue weighted by Crippen LogP contribution is -2.16. The van der Waals surface area contributed by atoms with E-state index in [9.17, 15) is 0 Å². The molecule has 1 aromatic carbocycles. The van der Waals surface area contributed by atoms with Gasteiger partial charge in [-0.1, -0.05) is 24.3 Å². The minimum Gasteiger partial charge on any atom is -0.248 e. The van der Waals surface area contributed by atoms with Crippen LogP contribution in [0.1, 0.15) is 30.4 Å². The standard InChI is InChI=1S/C13H18IN/c14-15-10-4-3-8-12-6-1-2-7-13(12)9-5-11-15/h1-2,6-7H,3-5,8-11H2. The molecule has 0 atom stereocenters. The molecule has 0 spiro atoms. The fourth-order valence-corrected chi connectivity index (χ4v) is 2.88. The lowest BCUT2D eigenvalue weighted by molar-refractivity contribution is 0.468. The van der Waals surface area contributed by atoms with Gasteiger partial charge < -0.3 is 0 Å².